The number of hydrogen-bond acceptors (Lipinski definition) is 4. The molecule has 104 valence electrons. The van der Waals surface area contributed by atoms with Gasteiger partial charge in [0.1, 0.15) is 17.0 Å². The molecule has 0 unspecified atom stereocenters. The topological polar surface area (TPSA) is 80.5 Å². The van der Waals surface area contributed by atoms with Crippen LogP contribution in [-0.2, 0) is 0 Å². The fourth-order valence-corrected chi connectivity index (χ4v) is 2.62. The first kappa shape index (κ1) is 13.6. The van der Waals surface area contributed by atoms with Crippen LogP contribution in [0.1, 0.15) is 5.56 Å². The van der Waals surface area contributed by atoms with Crippen molar-refractivity contribution in [3.05, 3.63) is 46.0 Å². The van der Waals surface area contributed by atoms with E-state index in [1.54, 1.807) is 0 Å². The van der Waals surface area contributed by atoms with E-state index < -0.39 is 5.82 Å². The van der Waals surface area contributed by atoms with Gasteiger partial charge in [-0.15, -0.1) is 0 Å². The second kappa shape index (κ2) is 4.88. The summed E-state index contributed by atoms with van der Waals surface area (Å²) in [6, 6.07) is 4.85. The number of nitrogen functional groups attached to an aromatic ring is 1. The van der Waals surface area contributed by atoms with Gasteiger partial charge < -0.3 is 5.73 Å². The van der Waals surface area contributed by atoms with Crippen LogP contribution in [0.25, 0.3) is 16.6 Å². The van der Waals surface area contributed by atoms with Crippen LogP contribution in [0.3, 0.4) is 0 Å². The van der Waals surface area contributed by atoms with E-state index in [0.29, 0.717) is 16.6 Å². The number of benzene rings is 1. The second-order valence-electron chi connectivity index (χ2n) is 4.23. The Morgan fingerprint density at radius 2 is 1.95 bits per heavy atom. The Hall–Kier alpha value is -2.36. The number of nitrogens with zero attached hydrogens (tertiary/aromatic N) is 4. The minimum atomic E-state index is -0.598. The van der Waals surface area contributed by atoms with Crippen molar-refractivity contribution in [2.45, 2.75) is 0 Å². The molecular weight excluding hydrogens is 316 g/mol. The normalized spacial score (nSPS) is 10.8. The molecule has 3 aromatic rings. The predicted octanol–water partition coefficient (Wildman–Crippen LogP) is 3.32. The van der Waals surface area contributed by atoms with Crippen molar-refractivity contribution in [3.8, 4) is 11.8 Å². The second-order valence-corrected chi connectivity index (χ2v) is 5.04. The van der Waals surface area contributed by atoms with E-state index in [1.807, 2.05) is 6.07 Å². The van der Waals surface area contributed by atoms with Gasteiger partial charge in [-0.3, -0.25) is 0 Å². The van der Waals surface area contributed by atoms with Crippen LogP contribution >= 0.6 is 23.2 Å². The van der Waals surface area contributed by atoms with E-state index in [2.05, 4.69) is 10.1 Å². The van der Waals surface area contributed by atoms with Gasteiger partial charge in [0.15, 0.2) is 5.82 Å². The molecule has 0 aliphatic heterocycles. The molecule has 0 atom stereocenters. The average molecular weight is 322 g/mol. The van der Waals surface area contributed by atoms with Gasteiger partial charge in [0.05, 0.1) is 33.3 Å². The average Bonchev–Trinajstić information content (AvgIpc) is 2.88. The van der Waals surface area contributed by atoms with Crippen LogP contribution in [0.4, 0.5) is 10.2 Å². The number of hydrogen-bond donors (Lipinski definition) is 1. The molecule has 0 fully saturated rings. The standard InChI is InChI=1S/C13H6Cl2FN5/c14-8-1-6(3-17)2-9(15)12(8)21-5-7-11(20-21)10(16)4-19-13(7)18/h1-2,4-5H,(H2,18,19). The minimum Gasteiger partial charge on any atom is -0.383 e. The third-order valence-corrected chi connectivity index (χ3v) is 3.48. The maximum atomic E-state index is 13.7. The SMILES string of the molecule is N#Cc1cc(Cl)c(-n2cc3c(N)ncc(F)c3n2)c(Cl)c1. The summed E-state index contributed by atoms with van der Waals surface area (Å²) in [4.78, 5) is 3.73. The van der Waals surface area contributed by atoms with Crippen molar-refractivity contribution in [2.24, 2.45) is 0 Å². The van der Waals surface area contributed by atoms with Gasteiger partial charge >= 0.3 is 0 Å². The number of halogens is 3. The summed E-state index contributed by atoms with van der Waals surface area (Å²) in [5, 5.41) is 13.8. The first-order valence-electron chi connectivity index (χ1n) is 5.70. The fraction of sp³-hybridized carbons (Fsp3) is 0. The minimum absolute atomic E-state index is 0.0685. The van der Waals surface area contributed by atoms with Gasteiger partial charge in [0.25, 0.3) is 0 Å². The lowest BCUT2D eigenvalue weighted by molar-refractivity contribution is 0.629. The Balaban J connectivity index is 2.29. The molecule has 0 bridgehead atoms. The van der Waals surface area contributed by atoms with E-state index in [0.717, 1.165) is 6.20 Å². The van der Waals surface area contributed by atoms with E-state index in [1.165, 1.54) is 23.0 Å². The maximum absolute atomic E-state index is 13.7. The van der Waals surface area contributed by atoms with Crippen LogP contribution < -0.4 is 5.73 Å². The molecule has 0 spiro atoms. The molecule has 21 heavy (non-hydrogen) atoms. The summed E-state index contributed by atoms with van der Waals surface area (Å²) >= 11 is 12.2. The van der Waals surface area contributed by atoms with E-state index >= 15 is 0 Å². The van der Waals surface area contributed by atoms with Gasteiger partial charge in [-0.1, -0.05) is 23.2 Å². The van der Waals surface area contributed by atoms with Gasteiger partial charge in [-0.25, -0.2) is 14.1 Å². The molecule has 3 rings (SSSR count). The number of pyridine rings is 1. The zero-order valence-electron chi connectivity index (χ0n) is 10.3. The maximum Gasteiger partial charge on any atom is 0.169 e. The lowest BCUT2D eigenvalue weighted by Crippen LogP contribution is -1.97. The summed E-state index contributed by atoms with van der Waals surface area (Å²) in [6.07, 6.45) is 2.48. The number of nitriles is 1. The largest absolute Gasteiger partial charge is 0.383 e. The van der Waals surface area contributed by atoms with Gasteiger partial charge in [0, 0.05) is 6.20 Å². The van der Waals surface area contributed by atoms with E-state index in [-0.39, 0.29) is 21.4 Å². The third-order valence-electron chi connectivity index (χ3n) is 2.91. The molecule has 2 aromatic heterocycles. The molecular formula is C13H6Cl2FN5. The third kappa shape index (κ3) is 2.17. The predicted molar refractivity (Wildman–Crippen MR) is 78.0 cm³/mol. The molecule has 0 saturated carbocycles. The molecule has 5 nitrogen and oxygen atoms in total. The van der Waals surface area contributed by atoms with Crippen molar-refractivity contribution in [2.75, 3.05) is 5.73 Å². The summed E-state index contributed by atoms with van der Waals surface area (Å²) in [7, 11) is 0. The van der Waals surface area contributed by atoms with Gasteiger partial charge in [0.2, 0.25) is 0 Å². The van der Waals surface area contributed by atoms with Crippen LogP contribution in [0.2, 0.25) is 10.0 Å². The number of aromatic nitrogens is 3. The Morgan fingerprint density at radius 1 is 1.29 bits per heavy atom. The highest BCUT2D eigenvalue weighted by Crippen LogP contribution is 2.31. The number of anilines is 1. The smallest absolute Gasteiger partial charge is 0.169 e. The summed E-state index contributed by atoms with van der Waals surface area (Å²) in [5.74, 6) is -0.447. The van der Waals surface area contributed by atoms with Gasteiger partial charge in [-0.2, -0.15) is 10.4 Å². The summed E-state index contributed by atoms with van der Waals surface area (Å²) in [6.45, 7) is 0. The first-order chi connectivity index (χ1) is 10.0. The Kier molecular flexibility index (Phi) is 3.16. The quantitative estimate of drug-likeness (QED) is 0.745. The van der Waals surface area contributed by atoms with Crippen molar-refractivity contribution in [1.82, 2.24) is 14.8 Å². The number of rotatable bonds is 1. The lowest BCUT2D eigenvalue weighted by Gasteiger charge is -2.07. The van der Waals surface area contributed by atoms with Crippen LogP contribution in [0.15, 0.2) is 24.5 Å². The molecule has 8 heteroatoms. The Morgan fingerprint density at radius 3 is 2.52 bits per heavy atom. The number of nitrogens with two attached hydrogens (primary N) is 1. The highest BCUT2D eigenvalue weighted by Gasteiger charge is 2.16. The van der Waals surface area contributed by atoms with E-state index in [4.69, 9.17) is 34.2 Å². The molecule has 0 aliphatic carbocycles. The fourth-order valence-electron chi connectivity index (χ4n) is 1.96. The van der Waals surface area contributed by atoms with Crippen LogP contribution in [0.5, 0.6) is 0 Å². The lowest BCUT2D eigenvalue weighted by atomic mass is 10.2. The van der Waals surface area contributed by atoms with Gasteiger partial charge in [-0.05, 0) is 12.1 Å². The molecule has 0 amide bonds. The van der Waals surface area contributed by atoms with Crippen molar-refractivity contribution < 1.29 is 4.39 Å². The van der Waals surface area contributed by atoms with Crippen molar-refractivity contribution >= 4 is 39.9 Å². The highest BCUT2D eigenvalue weighted by molar-refractivity contribution is 6.38. The molecule has 0 saturated heterocycles. The monoisotopic (exact) mass is 321 g/mol. The number of fused-ring (bicyclic) bond motifs is 1. The zero-order valence-corrected chi connectivity index (χ0v) is 11.8. The highest BCUT2D eigenvalue weighted by atomic mass is 35.5. The van der Waals surface area contributed by atoms with Crippen LogP contribution in [-0.4, -0.2) is 14.8 Å². The van der Waals surface area contributed by atoms with Crippen LogP contribution in [0, 0.1) is 17.1 Å². The molecule has 1 aromatic carbocycles. The molecule has 2 heterocycles. The summed E-state index contributed by atoms with van der Waals surface area (Å²) < 4.78 is 15.0. The van der Waals surface area contributed by atoms with Crippen molar-refractivity contribution in [1.29, 1.82) is 5.26 Å². The van der Waals surface area contributed by atoms with Crippen molar-refractivity contribution in [3.63, 3.8) is 0 Å². The van der Waals surface area contributed by atoms with E-state index in [9.17, 15) is 4.39 Å². The molecule has 0 radical (unpaired) electrons. The Labute approximate surface area is 128 Å². The first-order valence-corrected chi connectivity index (χ1v) is 6.45. The Bertz CT molecular complexity index is 851. The summed E-state index contributed by atoms with van der Waals surface area (Å²) in [5.41, 5.74) is 6.42. The molecule has 2 N–H and O–H groups in total. The zero-order chi connectivity index (χ0) is 15.1. The molecule has 0 aliphatic rings.